The molecule has 0 fully saturated rings. The average molecular weight is 351 g/mol. The van der Waals surface area contributed by atoms with E-state index in [2.05, 4.69) is 10.0 Å². The molecule has 127 valence electrons. The molecule has 0 aliphatic rings. The zero-order chi connectivity index (χ0) is 17.5. The van der Waals surface area contributed by atoms with Gasteiger partial charge in [0.2, 0.25) is 0 Å². The van der Waals surface area contributed by atoms with Crippen LogP contribution in [0, 0.1) is 0 Å². The molecule has 1 radical (unpaired) electrons. The third-order valence-electron chi connectivity index (χ3n) is 3.75. The lowest BCUT2D eigenvalue weighted by atomic mass is 10.2. The molecule has 0 spiro atoms. The van der Waals surface area contributed by atoms with Crippen LogP contribution in [-0.4, -0.2) is 8.42 Å². The van der Waals surface area contributed by atoms with Crippen molar-refractivity contribution in [3.8, 4) is 0 Å². The first-order valence-corrected chi connectivity index (χ1v) is 9.44. The van der Waals surface area contributed by atoms with E-state index in [0.29, 0.717) is 12.2 Å². The standard InChI is InChI=1S/C20H19N2O2S/c23-25(24,22-16-18-11-5-2-6-12-18)20-14-8-7-13-19(20)21-15-17-9-3-1-4-10-17/h1-14,21H,15-16H2. The molecule has 0 aliphatic heterocycles. The van der Waals surface area contributed by atoms with Crippen molar-refractivity contribution >= 4 is 15.7 Å². The molecule has 0 aliphatic carbocycles. The number of para-hydroxylation sites is 1. The summed E-state index contributed by atoms with van der Waals surface area (Å²) >= 11 is 0. The number of rotatable bonds is 7. The zero-order valence-corrected chi connectivity index (χ0v) is 14.5. The molecule has 1 N–H and O–H groups in total. The van der Waals surface area contributed by atoms with Crippen molar-refractivity contribution in [3.63, 3.8) is 0 Å². The third kappa shape index (κ3) is 4.68. The van der Waals surface area contributed by atoms with Crippen molar-refractivity contribution in [3.05, 3.63) is 96.1 Å². The predicted octanol–water partition coefficient (Wildman–Crippen LogP) is 3.79. The van der Waals surface area contributed by atoms with Gasteiger partial charge in [0.1, 0.15) is 4.90 Å². The normalized spacial score (nSPS) is 11.2. The molecule has 0 saturated carbocycles. The molecule has 0 atom stereocenters. The van der Waals surface area contributed by atoms with E-state index < -0.39 is 10.0 Å². The van der Waals surface area contributed by atoms with Crippen LogP contribution in [0.4, 0.5) is 5.69 Å². The van der Waals surface area contributed by atoms with Gasteiger partial charge in [-0.05, 0) is 23.3 Å². The van der Waals surface area contributed by atoms with Gasteiger partial charge in [0.15, 0.2) is 0 Å². The van der Waals surface area contributed by atoms with Crippen molar-refractivity contribution in [2.75, 3.05) is 5.32 Å². The van der Waals surface area contributed by atoms with E-state index in [1.165, 1.54) is 0 Å². The van der Waals surface area contributed by atoms with E-state index in [0.717, 1.165) is 11.1 Å². The number of anilines is 1. The first-order valence-electron chi connectivity index (χ1n) is 8.00. The Hall–Kier alpha value is -2.63. The summed E-state index contributed by atoms with van der Waals surface area (Å²) in [5.41, 5.74) is 2.50. The van der Waals surface area contributed by atoms with Crippen molar-refractivity contribution < 1.29 is 8.42 Å². The molecule has 0 bridgehead atoms. The van der Waals surface area contributed by atoms with Gasteiger partial charge in [0, 0.05) is 6.54 Å². The highest BCUT2D eigenvalue weighted by atomic mass is 32.2. The van der Waals surface area contributed by atoms with Crippen LogP contribution >= 0.6 is 0 Å². The monoisotopic (exact) mass is 351 g/mol. The van der Waals surface area contributed by atoms with Crippen LogP contribution in [-0.2, 0) is 23.1 Å². The fraction of sp³-hybridized carbons (Fsp3) is 0.100. The van der Waals surface area contributed by atoms with E-state index in [-0.39, 0.29) is 11.4 Å². The summed E-state index contributed by atoms with van der Waals surface area (Å²) in [5, 5.41) is 3.19. The molecule has 5 heteroatoms. The Morgan fingerprint density at radius 3 is 1.96 bits per heavy atom. The highest BCUT2D eigenvalue weighted by Crippen LogP contribution is 2.22. The summed E-state index contributed by atoms with van der Waals surface area (Å²) in [6.45, 7) is 0.683. The van der Waals surface area contributed by atoms with Gasteiger partial charge < -0.3 is 5.32 Å². The predicted molar refractivity (Wildman–Crippen MR) is 99.7 cm³/mol. The molecule has 4 nitrogen and oxygen atoms in total. The van der Waals surface area contributed by atoms with E-state index in [9.17, 15) is 8.42 Å². The fourth-order valence-corrected chi connectivity index (χ4v) is 3.57. The topological polar surface area (TPSA) is 60.3 Å². The second kappa shape index (κ2) is 7.96. The van der Waals surface area contributed by atoms with Gasteiger partial charge in [-0.2, -0.15) is 0 Å². The van der Waals surface area contributed by atoms with Gasteiger partial charge in [-0.3, -0.25) is 0 Å². The summed E-state index contributed by atoms with van der Waals surface area (Å²) in [6, 6.07) is 26.0. The quantitative estimate of drug-likeness (QED) is 0.704. The van der Waals surface area contributed by atoms with Crippen LogP contribution < -0.4 is 10.0 Å². The highest BCUT2D eigenvalue weighted by molar-refractivity contribution is 7.89. The Labute approximate surface area is 148 Å². The second-order valence-electron chi connectivity index (χ2n) is 5.58. The van der Waals surface area contributed by atoms with Gasteiger partial charge in [0.05, 0.1) is 12.2 Å². The first-order chi connectivity index (χ1) is 12.1. The van der Waals surface area contributed by atoms with Crippen LogP contribution in [0.1, 0.15) is 11.1 Å². The lowest BCUT2D eigenvalue weighted by Crippen LogP contribution is -2.18. The van der Waals surface area contributed by atoms with Crippen molar-refractivity contribution in [1.29, 1.82) is 0 Å². The molecule has 3 rings (SSSR count). The SMILES string of the molecule is O=S(=O)([N]Cc1ccccc1)c1ccccc1NCc1ccccc1. The number of sulfonamides is 1. The van der Waals surface area contributed by atoms with Gasteiger partial charge in [-0.25, -0.2) is 8.42 Å². The number of nitrogens with one attached hydrogen (secondary N) is 1. The van der Waals surface area contributed by atoms with Gasteiger partial charge in [-0.1, -0.05) is 72.8 Å². The van der Waals surface area contributed by atoms with Crippen molar-refractivity contribution in [2.24, 2.45) is 0 Å². The van der Waals surface area contributed by atoms with E-state index in [1.807, 2.05) is 66.7 Å². The minimum atomic E-state index is -3.73. The summed E-state index contributed by atoms with van der Waals surface area (Å²) in [7, 11) is -3.73. The lowest BCUT2D eigenvalue weighted by molar-refractivity contribution is 0.580. The maximum Gasteiger partial charge on any atom is 0.259 e. The summed E-state index contributed by atoms with van der Waals surface area (Å²) in [4.78, 5) is 0.196. The van der Waals surface area contributed by atoms with Crippen LogP contribution in [0.25, 0.3) is 0 Å². The molecule has 0 saturated heterocycles. The minimum absolute atomic E-state index is 0.135. The van der Waals surface area contributed by atoms with Crippen LogP contribution in [0.2, 0.25) is 0 Å². The summed E-state index contributed by atoms with van der Waals surface area (Å²) in [6.07, 6.45) is 0. The number of hydrogen-bond donors (Lipinski definition) is 1. The number of hydrogen-bond acceptors (Lipinski definition) is 3. The summed E-state index contributed by atoms with van der Waals surface area (Å²) in [5.74, 6) is 0. The molecule has 3 aromatic carbocycles. The Morgan fingerprint density at radius 2 is 1.28 bits per heavy atom. The van der Waals surface area contributed by atoms with Crippen molar-refractivity contribution in [1.82, 2.24) is 4.72 Å². The maximum absolute atomic E-state index is 12.6. The Kier molecular flexibility index (Phi) is 5.48. The molecular formula is C20H19N2O2S. The molecule has 0 unspecified atom stereocenters. The zero-order valence-electron chi connectivity index (χ0n) is 13.7. The average Bonchev–Trinajstić information content (AvgIpc) is 2.67. The Balaban J connectivity index is 1.74. The molecule has 3 aromatic rings. The molecule has 25 heavy (non-hydrogen) atoms. The molecule has 0 heterocycles. The number of nitrogens with zero attached hydrogens (tertiary/aromatic N) is 1. The Morgan fingerprint density at radius 1 is 0.720 bits per heavy atom. The Bertz CT molecular complexity index is 911. The van der Waals surface area contributed by atoms with E-state index in [1.54, 1.807) is 18.2 Å². The maximum atomic E-state index is 12.6. The molecular weight excluding hydrogens is 332 g/mol. The van der Waals surface area contributed by atoms with Crippen LogP contribution in [0.15, 0.2) is 89.8 Å². The minimum Gasteiger partial charge on any atom is -0.380 e. The number of benzene rings is 3. The van der Waals surface area contributed by atoms with E-state index in [4.69, 9.17) is 0 Å². The smallest absolute Gasteiger partial charge is 0.259 e. The second-order valence-corrected chi connectivity index (χ2v) is 7.23. The molecule has 0 amide bonds. The van der Waals surface area contributed by atoms with Gasteiger partial charge in [-0.15, -0.1) is 4.72 Å². The van der Waals surface area contributed by atoms with Crippen LogP contribution in [0.5, 0.6) is 0 Å². The van der Waals surface area contributed by atoms with E-state index >= 15 is 0 Å². The lowest BCUT2D eigenvalue weighted by Gasteiger charge is -2.12. The highest BCUT2D eigenvalue weighted by Gasteiger charge is 2.19. The third-order valence-corrected chi connectivity index (χ3v) is 5.13. The molecule has 0 aromatic heterocycles. The van der Waals surface area contributed by atoms with Gasteiger partial charge >= 0.3 is 0 Å². The van der Waals surface area contributed by atoms with Crippen LogP contribution in [0.3, 0.4) is 0 Å². The largest absolute Gasteiger partial charge is 0.380 e. The summed E-state index contributed by atoms with van der Waals surface area (Å²) < 4.78 is 29.2. The first kappa shape index (κ1) is 17.2. The fourth-order valence-electron chi connectivity index (χ4n) is 2.44. The van der Waals surface area contributed by atoms with Gasteiger partial charge in [0.25, 0.3) is 10.0 Å². The van der Waals surface area contributed by atoms with Crippen molar-refractivity contribution in [2.45, 2.75) is 18.0 Å².